The monoisotopic (exact) mass is 526 g/mol. The largest absolute Gasteiger partial charge is 0.493 e. The van der Waals surface area contributed by atoms with Crippen molar-refractivity contribution >= 4 is 40.6 Å². The van der Waals surface area contributed by atoms with Crippen LogP contribution >= 0.6 is 11.8 Å². The van der Waals surface area contributed by atoms with E-state index in [9.17, 15) is 9.59 Å². The number of para-hydroxylation sites is 2. The van der Waals surface area contributed by atoms with Gasteiger partial charge in [0.2, 0.25) is 5.91 Å². The predicted octanol–water partition coefficient (Wildman–Crippen LogP) is 7.19. The first-order chi connectivity index (χ1) is 18.5. The molecular formula is C31H30N2O4S. The standard InChI is InChI=1S/C31H30N2O4S/c1-4-29(31(35)33(24-13-7-5-8-14-24)25-15-9-6-10-16-25)38-26-17-11-12-23(21-26)32-30(34)22-18-19-27(36-2)28(20-22)37-3/h5-21,29H,4H2,1-3H3,(H,32,34). The molecule has 0 aliphatic rings. The maximum Gasteiger partial charge on any atom is 0.255 e. The van der Waals surface area contributed by atoms with Crippen LogP contribution in [-0.2, 0) is 4.79 Å². The molecule has 0 aromatic heterocycles. The first-order valence-corrected chi connectivity index (χ1v) is 13.2. The van der Waals surface area contributed by atoms with E-state index in [0.717, 1.165) is 16.3 Å². The first kappa shape index (κ1) is 26.8. The predicted molar refractivity (Wildman–Crippen MR) is 154 cm³/mol. The van der Waals surface area contributed by atoms with Gasteiger partial charge in [0.05, 0.1) is 19.5 Å². The summed E-state index contributed by atoms with van der Waals surface area (Å²) in [6, 6.07) is 31.9. The highest BCUT2D eigenvalue weighted by atomic mass is 32.2. The van der Waals surface area contributed by atoms with Gasteiger partial charge in [-0.15, -0.1) is 11.8 Å². The van der Waals surface area contributed by atoms with Crippen LogP contribution in [0.3, 0.4) is 0 Å². The zero-order valence-corrected chi connectivity index (χ0v) is 22.4. The number of benzene rings is 4. The Bertz CT molecular complexity index is 1340. The summed E-state index contributed by atoms with van der Waals surface area (Å²) in [5.74, 6) is 0.762. The Morgan fingerprint density at radius 3 is 2.00 bits per heavy atom. The summed E-state index contributed by atoms with van der Waals surface area (Å²) >= 11 is 1.48. The summed E-state index contributed by atoms with van der Waals surface area (Å²) in [6.07, 6.45) is 0.641. The summed E-state index contributed by atoms with van der Waals surface area (Å²) in [6.45, 7) is 2.01. The molecule has 0 radical (unpaired) electrons. The van der Waals surface area contributed by atoms with Gasteiger partial charge in [0.1, 0.15) is 0 Å². The number of rotatable bonds is 10. The second kappa shape index (κ2) is 12.8. The van der Waals surface area contributed by atoms with Crippen LogP contribution < -0.4 is 19.7 Å². The maximum atomic E-state index is 13.9. The van der Waals surface area contributed by atoms with Crippen molar-refractivity contribution in [1.82, 2.24) is 0 Å². The molecule has 1 N–H and O–H groups in total. The van der Waals surface area contributed by atoms with Crippen molar-refractivity contribution in [1.29, 1.82) is 0 Å². The van der Waals surface area contributed by atoms with Gasteiger partial charge in [-0.05, 0) is 67.1 Å². The van der Waals surface area contributed by atoms with Crippen molar-refractivity contribution in [3.8, 4) is 11.5 Å². The number of hydrogen-bond acceptors (Lipinski definition) is 5. The van der Waals surface area contributed by atoms with Crippen molar-refractivity contribution in [2.75, 3.05) is 24.4 Å². The Morgan fingerprint density at radius 2 is 1.42 bits per heavy atom. The van der Waals surface area contributed by atoms with Crippen molar-refractivity contribution in [3.63, 3.8) is 0 Å². The third kappa shape index (κ3) is 6.36. The number of methoxy groups -OCH3 is 2. The third-order valence-electron chi connectivity index (χ3n) is 5.91. The summed E-state index contributed by atoms with van der Waals surface area (Å²) in [7, 11) is 3.08. The topological polar surface area (TPSA) is 67.9 Å². The van der Waals surface area contributed by atoms with E-state index in [4.69, 9.17) is 9.47 Å². The van der Waals surface area contributed by atoms with Gasteiger partial charge in [0.25, 0.3) is 5.91 Å². The molecule has 0 aliphatic heterocycles. The number of thioether (sulfide) groups is 1. The molecule has 7 heteroatoms. The van der Waals surface area contributed by atoms with Crippen LogP contribution in [0.4, 0.5) is 17.1 Å². The second-order valence-electron chi connectivity index (χ2n) is 8.41. The summed E-state index contributed by atoms with van der Waals surface area (Å²) in [5, 5.41) is 2.61. The minimum Gasteiger partial charge on any atom is -0.493 e. The fourth-order valence-corrected chi connectivity index (χ4v) is 5.06. The lowest BCUT2D eigenvalue weighted by atomic mass is 10.2. The summed E-state index contributed by atoms with van der Waals surface area (Å²) < 4.78 is 10.6. The van der Waals surface area contributed by atoms with E-state index in [1.807, 2.05) is 91.9 Å². The molecule has 0 heterocycles. The van der Waals surface area contributed by atoms with E-state index < -0.39 is 0 Å². The van der Waals surface area contributed by atoms with Gasteiger partial charge in [-0.25, -0.2) is 0 Å². The molecule has 4 aromatic rings. The molecule has 4 aromatic carbocycles. The van der Waals surface area contributed by atoms with Gasteiger partial charge in [0.15, 0.2) is 11.5 Å². The first-order valence-electron chi connectivity index (χ1n) is 12.3. The van der Waals surface area contributed by atoms with E-state index in [2.05, 4.69) is 5.32 Å². The summed E-state index contributed by atoms with van der Waals surface area (Å²) in [4.78, 5) is 29.4. The van der Waals surface area contributed by atoms with Gasteiger partial charge >= 0.3 is 0 Å². The Labute approximate surface area is 227 Å². The number of nitrogens with one attached hydrogen (secondary N) is 1. The highest BCUT2D eigenvalue weighted by molar-refractivity contribution is 8.00. The van der Waals surface area contributed by atoms with Crippen LogP contribution in [-0.4, -0.2) is 31.3 Å². The van der Waals surface area contributed by atoms with Crippen LogP contribution in [0.2, 0.25) is 0 Å². The number of amides is 2. The number of ether oxygens (including phenoxy) is 2. The van der Waals surface area contributed by atoms with Crippen molar-refractivity contribution in [2.45, 2.75) is 23.5 Å². The van der Waals surface area contributed by atoms with Gasteiger partial charge < -0.3 is 14.8 Å². The smallest absolute Gasteiger partial charge is 0.255 e. The fraction of sp³-hybridized carbons (Fsp3) is 0.161. The van der Waals surface area contributed by atoms with Crippen molar-refractivity contribution < 1.29 is 19.1 Å². The number of carbonyl (C=O) groups is 2. The number of hydrogen-bond donors (Lipinski definition) is 1. The molecule has 2 amide bonds. The molecule has 0 bridgehead atoms. The molecule has 0 fully saturated rings. The molecule has 0 saturated heterocycles. The molecule has 38 heavy (non-hydrogen) atoms. The third-order valence-corrected chi connectivity index (χ3v) is 7.26. The fourth-order valence-electron chi connectivity index (χ4n) is 4.00. The second-order valence-corrected chi connectivity index (χ2v) is 9.69. The number of nitrogens with zero attached hydrogens (tertiary/aromatic N) is 1. The van der Waals surface area contributed by atoms with E-state index >= 15 is 0 Å². The van der Waals surface area contributed by atoms with Gasteiger partial charge in [-0.1, -0.05) is 49.4 Å². The molecule has 6 nitrogen and oxygen atoms in total. The average molecular weight is 527 g/mol. The molecule has 4 rings (SSSR count). The zero-order valence-electron chi connectivity index (χ0n) is 21.6. The Kier molecular flexibility index (Phi) is 9.06. The molecule has 0 saturated carbocycles. The minimum absolute atomic E-state index is 0.00494. The molecular weight excluding hydrogens is 496 g/mol. The SMILES string of the molecule is CCC(Sc1cccc(NC(=O)c2ccc(OC)c(OC)c2)c1)C(=O)N(c1ccccc1)c1ccccc1. The lowest BCUT2D eigenvalue weighted by Gasteiger charge is -2.27. The Hall–Kier alpha value is -4.23. The van der Waals surface area contributed by atoms with E-state index in [-0.39, 0.29) is 17.1 Å². The number of anilines is 3. The zero-order chi connectivity index (χ0) is 26.9. The maximum absolute atomic E-state index is 13.9. The summed E-state index contributed by atoms with van der Waals surface area (Å²) in [5.41, 5.74) is 2.72. The lowest BCUT2D eigenvalue weighted by molar-refractivity contribution is -0.117. The average Bonchev–Trinajstić information content (AvgIpc) is 2.97. The Morgan fingerprint density at radius 1 is 0.789 bits per heavy atom. The van der Waals surface area contributed by atoms with Gasteiger partial charge in [-0.2, -0.15) is 0 Å². The number of carbonyl (C=O) groups excluding carboxylic acids is 2. The highest BCUT2D eigenvalue weighted by Gasteiger charge is 2.26. The molecule has 0 aliphatic carbocycles. The minimum atomic E-state index is -0.327. The van der Waals surface area contributed by atoms with Crippen LogP contribution in [0.5, 0.6) is 11.5 Å². The normalized spacial score (nSPS) is 11.3. The lowest BCUT2D eigenvalue weighted by Crippen LogP contribution is -2.34. The van der Waals surface area contributed by atoms with Crippen molar-refractivity contribution in [2.24, 2.45) is 0 Å². The highest BCUT2D eigenvalue weighted by Crippen LogP contribution is 2.34. The van der Waals surface area contributed by atoms with Gasteiger partial charge in [-0.3, -0.25) is 14.5 Å². The molecule has 0 spiro atoms. The van der Waals surface area contributed by atoms with Crippen LogP contribution in [0.15, 0.2) is 108 Å². The van der Waals surface area contributed by atoms with Crippen LogP contribution in [0, 0.1) is 0 Å². The van der Waals surface area contributed by atoms with E-state index in [1.165, 1.54) is 18.9 Å². The Balaban J connectivity index is 1.53. The molecule has 194 valence electrons. The van der Waals surface area contributed by atoms with E-state index in [1.54, 1.807) is 30.2 Å². The quantitative estimate of drug-likeness (QED) is 0.222. The van der Waals surface area contributed by atoms with E-state index in [0.29, 0.717) is 29.2 Å². The van der Waals surface area contributed by atoms with Crippen molar-refractivity contribution in [3.05, 3.63) is 109 Å². The van der Waals surface area contributed by atoms with Crippen LogP contribution in [0.1, 0.15) is 23.7 Å². The molecule has 1 unspecified atom stereocenters. The van der Waals surface area contributed by atoms with Gasteiger partial charge in [0, 0.05) is 27.5 Å². The van der Waals surface area contributed by atoms with Crippen LogP contribution in [0.25, 0.3) is 0 Å². The molecule has 1 atom stereocenters.